The molecule has 33 heavy (non-hydrogen) atoms. The van der Waals surface area contributed by atoms with E-state index in [1.54, 1.807) is 17.0 Å². The van der Waals surface area contributed by atoms with Gasteiger partial charge in [0.05, 0.1) is 10.9 Å². The minimum absolute atomic E-state index is 0.0607. The van der Waals surface area contributed by atoms with E-state index in [4.69, 9.17) is 0 Å². The van der Waals surface area contributed by atoms with Gasteiger partial charge in [-0.25, -0.2) is 8.42 Å². The van der Waals surface area contributed by atoms with Crippen molar-refractivity contribution in [3.63, 3.8) is 0 Å². The summed E-state index contributed by atoms with van der Waals surface area (Å²) in [6.45, 7) is 8.95. The van der Waals surface area contributed by atoms with Gasteiger partial charge in [0.1, 0.15) is 0 Å². The quantitative estimate of drug-likeness (QED) is 0.672. The Morgan fingerprint density at radius 1 is 0.970 bits per heavy atom. The molecular formula is C25H33N3O4S. The van der Waals surface area contributed by atoms with Crippen molar-refractivity contribution in [2.24, 2.45) is 5.92 Å². The van der Waals surface area contributed by atoms with E-state index in [1.807, 2.05) is 19.1 Å². The van der Waals surface area contributed by atoms with Crippen LogP contribution in [0.4, 0.5) is 0 Å². The molecule has 1 N–H and O–H groups in total. The molecule has 0 bridgehead atoms. The Labute approximate surface area is 196 Å². The summed E-state index contributed by atoms with van der Waals surface area (Å²) < 4.78 is 27.5. The van der Waals surface area contributed by atoms with Crippen molar-refractivity contribution in [2.75, 3.05) is 26.2 Å². The molecule has 1 aliphatic heterocycles. The van der Waals surface area contributed by atoms with Crippen molar-refractivity contribution < 1.29 is 18.0 Å². The standard InChI is InChI=1S/C25H33N3O4S/c1-18(2)16-21-8-10-22(11-9-21)19(3)26-25(30)23-6-5-7-24(17-23)33(31,32)28-14-12-27(13-15-28)20(4)29/h5-11,17-19H,12-16H2,1-4H3,(H,26,30). The lowest BCUT2D eigenvalue weighted by molar-refractivity contribution is -0.129. The summed E-state index contributed by atoms with van der Waals surface area (Å²) in [5.41, 5.74) is 2.54. The van der Waals surface area contributed by atoms with Gasteiger partial charge in [-0.05, 0) is 48.6 Å². The molecule has 1 heterocycles. The van der Waals surface area contributed by atoms with E-state index in [0.29, 0.717) is 24.6 Å². The molecule has 1 atom stereocenters. The Hall–Kier alpha value is -2.71. The first kappa shape index (κ1) is 24.9. The SMILES string of the molecule is CC(=O)N1CCN(S(=O)(=O)c2cccc(C(=O)NC(C)c3ccc(CC(C)C)cc3)c2)CC1. The van der Waals surface area contributed by atoms with Crippen LogP contribution in [0.15, 0.2) is 53.4 Å². The number of nitrogens with one attached hydrogen (secondary N) is 1. The highest BCUT2D eigenvalue weighted by atomic mass is 32.2. The van der Waals surface area contributed by atoms with Gasteiger partial charge in [0.25, 0.3) is 5.91 Å². The first-order valence-electron chi connectivity index (χ1n) is 11.3. The van der Waals surface area contributed by atoms with Crippen molar-refractivity contribution >= 4 is 21.8 Å². The topological polar surface area (TPSA) is 86.8 Å². The zero-order valence-electron chi connectivity index (χ0n) is 19.7. The molecule has 2 aromatic rings. The fourth-order valence-electron chi connectivity index (χ4n) is 3.97. The molecule has 2 aromatic carbocycles. The molecule has 7 nitrogen and oxygen atoms in total. The fraction of sp³-hybridized carbons (Fsp3) is 0.440. The maximum atomic E-state index is 13.1. The van der Waals surface area contributed by atoms with Gasteiger partial charge in [-0.1, -0.05) is 44.2 Å². The number of carbonyl (C=O) groups excluding carboxylic acids is 2. The van der Waals surface area contributed by atoms with Crippen LogP contribution in [0.1, 0.15) is 55.2 Å². The van der Waals surface area contributed by atoms with Crippen LogP contribution in [0, 0.1) is 5.92 Å². The lowest BCUT2D eigenvalue weighted by Crippen LogP contribution is -2.49. The average Bonchev–Trinajstić information content (AvgIpc) is 2.79. The Kier molecular flexibility index (Phi) is 7.92. The van der Waals surface area contributed by atoms with Crippen LogP contribution in [0.5, 0.6) is 0 Å². The Balaban J connectivity index is 1.68. The van der Waals surface area contributed by atoms with E-state index >= 15 is 0 Å². The van der Waals surface area contributed by atoms with Crippen LogP contribution in [0.25, 0.3) is 0 Å². The van der Waals surface area contributed by atoms with Gasteiger partial charge in [0.2, 0.25) is 15.9 Å². The van der Waals surface area contributed by atoms with Crippen LogP contribution in [-0.4, -0.2) is 55.6 Å². The van der Waals surface area contributed by atoms with Gasteiger partial charge in [-0.15, -0.1) is 0 Å². The molecule has 0 aliphatic carbocycles. The van der Waals surface area contributed by atoms with Gasteiger partial charge in [0.15, 0.2) is 0 Å². The molecule has 0 spiro atoms. The first-order chi connectivity index (χ1) is 15.6. The molecular weight excluding hydrogens is 438 g/mol. The second-order valence-electron chi connectivity index (χ2n) is 8.97. The number of hydrogen-bond donors (Lipinski definition) is 1. The molecule has 1 aliphatic rings. The molecule has 8 heteroatoms. The number of sulfonamides is 1. The second kappa shape index (κ2) is 10.5. The van der Waals surface area contributed by atoms with Crippen molar-refractivity contribution in [3.8, 4) is 0 Å². The third-order valence-electron chi connectivity index (χ3n) is 5.89. The van der Waals surface area contributed by atoms with Crippen LogP contribution >= 0.6 is 0 Å². The monoisotopic (exact) mass is 471 g/mol. The second-order valence-corrected chi connectivity index (χ2v) is 10.9. The summed E-state index contributed by atoms with van der Waals surface area (Å²) in [6, 6.07) is 14.1. The third kappa shape index (κ3) is 6.21. The van der Waals surface area contributed by atoms with Gasteiger partial charge >= 0.3 is 0 Å². The molecule has 1 fully saturated rings. The summed E-state index contributed by atoms with van der Waals surface area (Å²) in [5.74, 6) is 0.191. The lowest BCUT2D eigenvalue weighted by atomic mass is 10.00. The largest absolute Gasteiger partial charge is 0.346 e. The maximum absolute atomic E-state index is 13.1. The maximum Gasteiger partial charge on any atom is 0.251 e. The van der Waals surface area contributed by atoms with Gasteiger partial charge < -0.3 is 10.2 Å². The minimum Gasteiger partial charge on any atom is -0.346 e. The molecule has 0 aromatic heterocycles. The number of rotatable bonds is 7. The smallest absolute Gasteiger partial charge is 0.251 e. The molecule has 0 radical (unpaired) electrons. The molecule has 0 saturated carbocycles. The number of benzene rings is 2. The Morgan fingerprint density at radius 2 is 1.61 bits per heavy atom. The zero-order valence-corrected chi connectivity index (χ0v) is 20.6. The summed E-state index contributed by atoms with van der Waals surface area (Å²) >= 11 is 0. The van der Waals surface area contributed by atoms with E-state index in [9.17, 15) is 18.0 Å². The average molecular weight is 472 g/mol. The number of hydrogen-bond acceptors (Lipinski definition) is 4. The van der Waals surface area contributed by atoms with Crippen LogP contribution in [0.3, 0.4) is 0 Å². The molecule has 1 saturated heterocycles. The van der Waals surface area contributed by atoms with E-state index in [1.165, 1.54) is 28.9 Å². The molecule has 2 amide bonds. The number of carbonyl (C=O) groups is 2. The number of amides is 2. The van der Waals surface area contributed by atoms with E-state index in [-0.39, 0.29) is 35.8 Å². The van der Waals surface area contributed by atoms with E-state index < -0.39 is 10.0 Å². The lowest BCUT2D eigenvalue weighted by Gasteiger charge is -2.33. The Bertz CT molecular complexity index is 1090. The van der Waals surface area contributed by atoms with Crippen molar-refractivity contribution in [1.29, 1.82) is 0 Å². The highest BCUT2D eigenvalue weighted by molar-refractivity contribution is 7.89. The summed E-state index contributed by atoms with van der Waals surface area (Å²) in [6.07, 6.45) is 1.01. The van der Waals surface area contributed by atoms with Gasteiger partial charge in [0, 0.05) is 38.7 Å². The minimum atomic E-state index is -3.75. The normalized spacial score (nSPS) is 16.0. The van der Waals surface area contributed by atoms with Crippen molar-refractivity contribution in [1.82, 2.24) is 14.5 Å². The van der Waals surface area contributed by atoms with Crippen LogP contribution < -0.4 is 5.32 Å². The van der Waals surface area contributed by atoms with Crippen molar-refractivity contribution in [2.45, 2.75) is 45.1 Å². The first-order valence-corrected chi connectivity index (χ1v) is 12.8. The highest BCUT2D eigenvalue weighted by Gasteiger charge is 2.29. The Morgan fingerprint density at radius 3 is 2.18 bits per heavy atom. The highest BCUT2D eigenvalue weighted by Crippen LogP contribution is 2.20. The summed E-state index contributed by atoms with van der Waals surface area (Å²) in [5, 5.41) is 2.96. The van der Waals surface area contributed by atoms with E-state index in [0.717, 1.165) is 12.0 Å². The van der Waals surface area contributed by atoms with Crippen LogP contribution in [-0.2, 0) is 21.2 Å². The number of nitrogens with zero attached hydrogens (tertiary/aromatic N) is 2. The predicted molar refractivity (Wildman–Crippen MR) is 128 cm³/mol. The predicted octanol–water partition coefficient (Wildman–Crippen LogP) is 3.23. The molecule has 1 unspecified atom stereocenters. The summed E-state index contributed by atoms with van der Waals surface area (Å²) in [4.78, 5) is 26.1. The van der Waals surface area contributed by atoms with Crippen molar-refractivity contribution in [3.05, 3.63) is 65.2 Å². The fourth-order valence-corrected chi connectivity index (χ4v) is 5.44. The van der Waals surface area contributed by atoms with E-state index in [2.05, 4.69) is 31.3 Å². The summed E-state index contributed by atoms with van der Waals surface area (Å²) in [7, 11) is -3.75. The number of piperazine rings is 1. The van der Waals surface area contributed by atoms with Gasteiger partial charge in [-0.3, -0.25) is 9.59 Å². The molecule has 178 valence electrons. The van der Waals surface area contributed by atoms with Crippen LogP contribution in [0.2, 0.25) is 0 Å². The zero-order chi connectivity index (χ0) is 24.2. The third-order valence-corrected chi connectivity index (χ3v) is 7.78. The molecule has 3 rings (SSSR count). The van der Waals surface area contributed by atoms with Gasteiger partial charge in [-0.2, -0.15) is 4.31 Å².